The lowest BCUT2D eigenvalue weighted by molar-refractivity contribution is -0.136. The molecule has 4 unspecified atom stereocenters. The van der Waals surface area contributed by atoms with Crippen LogP contribution in [0.5, 0.6) is 0 Å². The zero-order chi connectivity index (χ0) is 30.8. The normalized spacial score (nSPS) is 22.9. The second-order valence-corrected chi connectivity index (χ2v) is 13.5. The van der Waals surface area contributed by atoms with Gasteiger partial charge in [0.05, 0.1) is 12.1 Å². The minimum Gasteiger partial charge on any atom is -0.445 e. The summed E-state index contributed by atoms with van der Waals surface area (Å²) in [5.74, 6) is -0.150. The van der Waals surface area contributed by atoms with Gasteiger partial charge in [-0.3, -0.25) is 4.79 Å². The van der Waals surface area contributed by atoms with E-state index in [-0.39, 0.29) is 42.5 Å². The Balaban J connectivity index is 1.29. The first-order valence-corrected chi connectivity index (χ1v) is 16.0. The maximum absolute atomic E-state index is 14.6. The first kappa shape index (κ1) is 30.0. The lowest BCUT2D eigenvalue weighted by Crippen LogP contribution is -2.55. The number of carbonyl (C=O) groups excluding carboxylic acids is 3. The van der Waals surface area contributed by atoms with Crippen LogP contribution in [0.2, 0.25) is 0 Å². The lowest BCUT2D eigenvalue weighted by atomic mass is 9.83. The minimum absolute atomic E-state index is 0.0442. The number of rotatable bonds is 6. The van der Waals surface area contributed by atoms with Gasteiger partial charge >= 0.3 is 12.2 Å². The van der Waals surface area contributed by atoms with E-state index in [1.54, 1.807) is 0 Å². The molecule has 3 amide bonds. The van der Waals surface area contributed by atoms with Crippen molar-refractivity contribution in [2.45, 2.75) is 95.5 Å². The van der Waals surface area contributed by atoms with Crippen LogP contribution in [0.4, 0.5) is 9.59 Å². The van der Waals surface area contributed by atoms with Crippen molar-refractivity contribution >= 4 is 29.0 Å². The highest BCUT2D eigenvalue weighted by Gasteiger charge is 2.54. The van der Waals surface area contributed by atoms with Crippen LogP contribution in [-0.2, 0) is 20.9 Å². The number of fused-ring (bicyclic) bond motifs is 2. The zero-order valence-corrected chi connectivity index (χ0v) is 26.0. The Morgan fingerprint density at radius 2 is 1.68 bits per heavy atom. The molecule has 2 N–H and O–H groups in total. The maximum atomic E-state index is 14.6. The Bertz CT molecular complexity index is 1480. The number of likely N-dealkylation sites (tertiary alicyclic amines) is 2. The van der Waals surface area contributed by atoms with Crippen LogP contribution in [0.3, 0.4) is 0 Å². The van der Waals surface area contributed by atoms with Gasteiger partial charge in [-0.2, -0.15) is 0 Å². The summed E-state index contributed by atoms with van der Waals surface area (Å²) >= 11 is 0. The number of para-hydroxylation sites is 1. The largest absolute Gasteiger partial charge is 0.445 e. The van der Waals surface area contributed by atoms with Crippen LogP contribution in [0.1, 0.15) is 76.3 Å². The van der Waals surface area contributed by atoms with Crippen molar-refractivity contribution in [3.8, 4) is 0 Å². The fraction of sp³-hybridized carbons (Fsp3) is 0.514. The van der Waals surface area contributed by atoms with Crippen molar-refractivity contribution in [2.24, 2.45) is 5.92 Å². The van der Waals surface area contributed by atoms with E-state index in [1.807, 2.05) is 85.3 Å². The highest BCUT2D eigenvalue weighted by molar-refractivity contribution is 5.88. The Morgan fingerprint density at radius 1 is 0.955 bits per heavy atom. The number of ether oxygens (including phenoxy) is 2. The van der Waals surface area contributed by atoms with Crippen LogP contribution in [0.15, 0.2) is 60.8 Å². The van der Waals surface area contributed by atoms with Crippen molar-refractivity contribution < 1.29 is 23.9 Å². The Labute approximate surface area is 259 Å². The summed E-state index contributed by atoms with van der Waals surface area (Å²) in [5.41, 5.74) is 2.36. The molecule has 9 nitrogen and oxygen atoms in total. The quantitative estimate of drug-likeness (QED) is 0.343. The van der Waals surface area contributed by atoms with Crippen molar-refractivity contribution in [2.75, 3.05) is 13.1 Å². The lowest BCUT2D eigenvalue weighted by Gasteiger charge is -2.36. The second kappa shape index (κ2) is 12.5. The molecule has 44 heavy (non-hydrogen) atoms. The summed E-state index contributed by atoms with van der Waals surface area (Å²) in [4.78, 5) is 48.3. The number of nitrogens with zero attached hydrogens (tertiary/aromatic N) is 2. The van der Waals surface area contributed by atoms with Gasteiger partial charge in [0.1, 0.15) is 18.2 Å². The summed E-state index contributed by atoms with van der Waals surface area (Å²) in [6.45, 7) is 6.62. The van der Waals surface area contributed by atoms with E-state index in [2.05, 4.69) is 16.4 Å². The molecule has 1 aliphatic carbocycles. The van der Waals surface area contributed by atoms with Gasteiger partial charge in [-0.05, 0) is 63.1 Å². The van der Waals surface area contributed by atoms with Crippen molar-refractivity contribution in [1.29, 1.82) is 0 Å². The van der Waals surface area contributed by atoms with Gasteiger partial charge in [0.15, 0.2) is 0 Å². The number of hydrogen-bond acceptors (Lipinski definition) is 5. The third-order valence-electron chi connectivity index (χ3n) is 9.43. The molecule has 4 atom stereocenters. The summed E-state index contributed by atoms with van der Waals surface area (Å²) in [6, 6.07) is 16.7. The molecule has 2 aromatic carbocycles. The molecular formula is C35H44N4O5. The summed E-state index contributed by atoms with van der Waals surface area (Å²) in [7, 11) is 0. The number of hydrogen-bond donors (Lipinski definition) is 2. The van der Waals surface area contributed by atoms with Gasteiger partial charge in [0, 0.05) is 36.1 Å². The van der Waals surface area contributed by atoms with Crippen molar-refractivity contribution in [3.05, 3.63) is 71.9 Å². The third kappa shape index (κ3) is 6.28. The average molecular weight is 601 g/mol. The van der Waals surface area contributed by atoms with Gasteiger partial charge in [-0.1, -0.05) is 67.8 Å². The predicted molar refractivity (Wildman–Crippen MR) is 168 cm³/mol. The van der Waals surface area contributed by atoms with Crippen LogP contribution < -0.4 is 5.32 Å². The standard InChI is InChI=1S/C35H44N4O5/c1-35(2,3)44-33(41)37-30(24-14-8-5-9-15-24)32(40)38-19-18-29-31(38)27(26-20-36-28-17-11-10-16-25(26)28)21-39(29)34(42)43-22-23-12-6-4-7-13-23/h4,6-7,10-13,16-17,20,24,27,29-31,36H,5,8-9,14-15,18-19,21-22H2,1-3H3,(H,37,41). The second-order valence-electron chi connectivity index (χ2n) is 13.5. The Kier molecular flexibility index (Phi) is 8.56. The molecule has 1 aromatic heterocycles. The van der Waals surface area contributed by atoms with E-state index in [0.29, 0.717) is 19.5 Å². The Morgan fingerprint density at radius 3 is 2.43 bits per heavy atom. The van der Waals surface area contributed by atoms with Crippen LogP contribution in [0.25, 0.3) is 10.9 Å². The smallest absolute Gasteiger partial charge is 0.410 e. The van der Waals surface area contributed by atoms with Crippen LogP contribution in [0, 0.1) is 5.92 Å². The predicted octanol–water partition coefficient (Wildman–Crippen LogP) is 6.35. The topological polar surface area (TPSA) is 104 Å². The molecular weight excluding hydrogens is 556 g/mol. The number of nitrogens with one attached hydrogen (secondary N) is 2. The van der Waals surface area contributed by atoms with Gasteiger partial charge in [0.25, 0.3) is 0 Å². The molecule has 1 saturated carbocycles. The molecule has 3 aliphatic rings. The first-order chi connectivity index (χ1) is 21.2. The van der Waals surface area contributed by atoms with Gasteiger partial charge in [-0.15, -0.1) is 0 Å². The minimum atomic E-state index is -0.674. The fourth-order valence-electron chi connectivity index (χ4n) is 7.49. The number of amides is 3. The monoisotopic (exact) mass is 600 g/mol. The number of H-pyrrole nitrogens is 1. The highest BCUT2D eigenvalue weighted by Crippen LogP contribution is 2.44. The summed E-state index contributed by atoms with van der Waals surface area (Å²) < 4.78 is 11.4. The zero-order valence-electron chi connectivity index (χ0n) is 26.0. The molecule has 0 spiro atoms. The SMILES string of the molecule is CC(C)(C)OC(=O)NC(C(=O)N1CCC2C1C(c1c[nH]c3ccccc13)CN2C(=O)OCc1ccccc1)C1CCCCC1. The van der Waals surface area contributed by atoms with Gasteiger partial charge in [-0.25, -0.2) is 9.59 Å². The molecule has 0 bridgehead atoms. The molecule has 6 rings (SSSR count). The first-order valence-electron chi connectivity index (χ1n) is 16.0. The summed E-state index contributed by atoms with van der Waals surface area (Å²) in [5, 5.41) is 4.08. The molecule has 3 fully saturated rings. The average Bonchev–Trinajstić information content (AvgIpc) is 3.73. The Hall–Kier alpha value is -4.01. The van der Waals surface area contributed by atoms with Crippen LogP contribution >= 0.6 is 0 Å². The summed E-state index contributed by atoms with van der Waals surface area (Å²) in [6.07, 6.45) is 6.73. The molecule has 9 heteroatoms. The van der Waals surface area contributed by atoms with Gasteiger partial charge in [0.2, 0.25) is 5.91 Å². The molecule has 3 aromatic rings. The van der Waals surface area contributed by atoms with Crippen LogP contribution in [-0.4, -0.2) is 69.7 Å². The van der Waals surface area contributed by atoms with E-state index >= 15 is 0 Å². The van der Waals surface area contributed by atoms with Crippen molar-refractivity contribution in [1.82, 2.24) is 20.1 Å². The van der Waals surface area contributed by atoms with Crippen molar-refractivity contribution in [3.63, 3.8) is 0 Å². The number of benzene rings is 2. The van der Waals surface area contributed by atoms with E-state index in [0.717, 1.165) is 54.1 Å². The number of aromatic nitrogens is 1. The van der Waals surface area contributed by atoms with E-state index in [4.69, 9.17) is 9.47 Å². The fourth-order valence-corrected chi connectivity index (χ4v) is 7.49. The third-order valence-corrected chi connectivity index (χ3v) is 9.43. The maximum Gasteiger partial charge on any atom is 0.410 e. The molecule has 2 saturated heterocycles. The number of alkyl carbamates (subject to hydrolysis) is 1. The molecule has 234 valence electrons. The van der Waals surface area contributed by atoms with Gasteiger partial charge < -0.3 is 29.6 Å². The number of aromatic amines is 1. The molecule has 0 radical (unpaired) electrons. The number of carbonyl (C=O) groups is 3. The van der Waals surface area contributed by atoms with E-state index in [1.165, 1.54) is 0 Å². The molecule has 3 heterocycles. The van der Waals surface area contributed by atoms with E-state index < -0.39 is 17.7 Å². The highest BCUT2D eigenvalue weighted by atomic mass is 16.6. The molecule has 2 aliphatic heterocycles. The van der Waals surface area contributed by atoms with E-state index in [9.17, 15) is 14.4 Å².